The second-order valence-corrected chi connectivity index (χ2v) is 8.18. The molecule has 0 aliphatic rings. The maximum absolute atomic E-state index is 13.0. The van der Waals surface area contributed by atoms with Crippen LogP contribution >= 0.6 is 0 Å². The molecule has 1 heterocycles. The van der Waals surface area contributed by atoms with Gasteiger partial charge >= 0.3 is 12.1 Å². The number of carbonyl (C=O) groups is 1. The average Bonchev–Trinajstić information content (AvgIpc) is 3.15. The average molecular weight is 496 g/mol. The summed E-state index contributed by atoms with van der Waals surface area (Å²) < 4.78 is 46.1. The number of hydrogen-bond donors (Lipinski definition) is 1. The van der Waals surface area contributed by atoms with Crippen LogP contribution < -0.4 is 4.74 Å². The van der Waals surface area contributed by atoms with Gasteiger partial charge in [-0.3, -0.25) is 0 Å². The maximum Gasteiger partial charge on any atom is 0.418 e. The Labute approximate surface area is 207 Å². The summed E-state index contributed by atoms with van der Waals surface area (Å²) >= 11 is 0. The van der Waals surface area contributed by atoms with Crippen molar-refractivity contribution in [1.82, 2.24) is 4.57 Å². The number of rotatable bonds is 5. The number of hydrogen-bond acceptors (Lipinski definition) is 2. The maximum atomic E-state index is 13.0. The van der Waals surface area contributed by atoms with Crippen LogP contribution in [0.15, 0.2) is 78.9 Å². The molecular formula is C28H26F3N2O3-. The molecule has 3 aromatic carbocycles. The van der Waals surface area contributed by atoms with Gasteiger partial charge in [-0.1, -0.05) is 47.5 Å². The molecule has 0 amide bonds. The van der Waals surface area contributed by atoms with E-state index in [-0.39, 0.29) is 16.9 Å². The molecular weight excluding hydrogens is 469 g/mol. The van der Waals surface area contributed by atoms with Gasteiger partial charge in [0.1, 0.15) is 11.5 Å². The van der Waals surface area contributed by atoms with Crippen molar-refractivity contribution in [3.05, 3.63) is 118 Å². The van der Waals surface area contributed by atoms with Crippen molar-refractivity contribution in [2.24, 2.45) is 0 Å². The van der Waals surface area contributed by atoms with E-state index in [0.717, 1.165) is 23.1 Å². The first kappa shape index (κ1) is 26.6. The first-order valence-electron chi connectivity index (χ1n) is 11.1. The Bertz CT molecular complexity index is 1330. The topological polar surface area (TPSA) is 75.3 Å². The van der Waals surface area contributed by atoms with Crippen LogP contribution in [0.4, 0.5) is 13.2 Å². The number of ether oxygens (including phenoxy) is 1. The van der Waals surface area contributed by atoms with Gasteiger partial charge in [-0.05, 0) is 63.2 Å². The van der Waals surface area contributed by atoms with E-state index >= 15 is 0 Å². The largest absolute Gasteiger partial charge is 0.674 e. The van der Waals surface area contributed by atoms with Crippen LogP contribution in [0.1, 0.15) is 38.4 Å². The second kappa shape index (κ2) is 11.1. The van der Waals surface area contributed by atoms with Crippen LogP contribution in [-0.4, -0.2) is 15.6 Å². The van der Waals surface area contributed by atoms with Crippen molar-refractivity contribution < 1.29 is 27.8 Å². The van der Waals surface area contributed by atoms with E-state index in [0.29, 0.717) is 12.2 Å². The first-order chi connectivity index (χ1) is 17.0. The minimum absolute atomic E-state index is 0.000484. The quantitative estimate of drug-likeness (QED) is 0.304. The van der Waals surface area contributed by atoms with E-state index in [2.05, 4.69) is 0 Å². The number of nitrogens with zero attached hydrogens (tertiary/aromatic N) is 1. The molecule has 0 saturated heterocycles. The van der Waals surface area contributed by atoms with Crippen molar-refractivity contribution in [3.63, 3.8) is 0 Å². The predicted molar refractivity (Wildman–Crippen MR) is 133 cm³/mol. The van der Waals surface area contributed by atoms with E-state index < -0.39 is 17.7 Å². The highest BCUT2D eigenvalue weighted by atomic mass is 19.4. The molecule has 0 atom stereocenters. The third-order valence-electron chi connectivity index (χ3n) is 5.50. The summed E-state index contributed by atoms with van der Waals surface area (Å²) in [5.74, 6) is 0.485. The standard InChI is InChI=1S/C14H12F3NO2.C14H14NO/c1-8-7-10(13(19)20)9(2)18(8)12-6-4-3-5-11(12)14(15,16)17;1-11-2-6-13(7-3-11)16-14-8-4-12(10-15)5-9-14/h3-7H,1-2H3,(H,19,20);2-9,15H,10H2,1H3/q;-1. The van der Waals surface area contributed by atoms with Crippen LogP contribution in [-0.2, 0) is 12.7 Å². The minimum Gasteiger partial charge on any atom is -0.674 e. The van der Waals surface area contributed by atoms with Gasteiger partial charge < -0.3 is 20.1 Å². The van der Waals surface area contributed by atoms with Crippen LogP contribution in [0.2, 0.25) is 0 Å². The van der Waals surface area contributed by atoms with E-state index in [1.165, 1.54) is 41.3 Å². The van der Waals surface area contributed by atoms with Crippen molar-refractivity contribution in [2.75, 3.05) is 0 Å². The summed E-state index contributed by atoms with van der Waals surface area (Å²) in [7, 11) is 0. The minimum atomic E-state index is -4.50. The lowest BCUT2D eigenvalue weighted by Gasteiger charge is -2.16. The lowest BCUT2D eigenvalue weighted by atomic mass is 10.1. The Kier molecular flexibility index (Phi) is 8.22. The molecule has 0 fully saturated rings. The number of halogens is 3. The van der Waals surface area contributed by atoms with Crippen LogP contribution in [0.5, 0.6) is 11.5 Å². The molecule has 4 rings (SSSR count). The van der Waals surface area contributed by atoms with Gasteiger partial charge in [0.25, 0.3) is 0 Å². The molecule has 0 aliphatic heterocycles. The summed E-state index contributed by atoms with van der Waals surface area (Å²) in [5, 5.41) is 9.04. The molecule has 0 radical (unpaired) electrons. The third kappa shape index (κ3) is 6.34. The molecule has 2 N–H and O–H groups in total. The predicted octanol–water partition coefficient (Wildman–Crippen LogP) is 8.15. The highest BCUT2D eigenvalue weighted by molar-refractivity contribution is 5.89. The SMILES string of the molecule is Cc1cc(C(=O)O)c(C)n1-c1ccccc1C(F)(F)F.Cc1ccc(Oc2ccc(C[NH-])cc2)cc1. The fourth-order valence-corrected chi connectivity index (χ4v) is 3.68. The van der Waals surface area contributed by atoms with E-state index in [1.807, 2.05) is 55.5 Å². The van der Waals surface area contributed by atoms with Crippen molar-refractivity contribution in [3.8, 4) is 17.2 Å². The molecule has 0 saturated carbocycles. The van der Waals surface area contributed by atoms with Gasteiger partial charge in [-0.2, -0.15) is 13.2 Å². The Morgan fingerprint density at radius 3 is 1.97 bits per heavy atom. The van der Waals surface area contributed by atoms with Crippen LogP contribution in [0.25, 0.3) is 11.4 Å². The third-order valence-corrected chi connectivity index (χ3v) is 5.50. The zero-order valence-electron chi connectivity index (χ0n) is 20.1. The number of para-hydroxylation sites is 1. The Balaban J connectivity index is 0.000000205. The number of aryl methyl sites for hydroxylation is 2. The number of benzene rings is 3. The molecule has 0 spiro atoms. The van der Waals surface area contributed by atoms with E-state index in [4.69, 9.17) is 15.6 Å². The summed E-state index contributed by atoms with van der Waals surface area (Å²) in [6.07, 6.45) is -4.50. The lowest BCUT2D eigenvalue weighted by Crippen LogP contribution is -2.12. The summed E-state index contributed by atoms with van der Waals surface area (Å²) in [6.45, 7) is 5.42. The number of nitrogens with one attached hydrogen (secondary N) is 1. The molecule has 4 aromatic rings. The van der Waals surface area contributed by atoms with Crippen molar-refractivity contribution in [1.29, 1.82) is 0 Å². The lowest BCUT2D eigenvalue weighted by molar-refractivity contribution is -0.137. The van der Waals surface area contributed by atoms with Gasteiger partial charge in [-0.15, -0.1) is 6.54 Å². The summed E-state index contributed by atoms with van der Waals surface area (Å²) in [4.78, 5) is 11.1. The number of aromatic nitrogens is 1. The van der Waals surface area contributed by atoms with Crippen LogP contribution in [0.3, 0.4) is 0 Å². The van der Waals surface area contributed by atoms with Gasteiger partial charge in [-0.25, -0.2) is 4.79 Å². The normalized spacial score (nSPS) is 11.0. The van der Waals surface area contributed by atoms with Crippen molar-refractivity contribution >= 4 is 5.97 Å². The zero-order valence-corrected chi connectivity index (χ0v) is 20.1. The Hall–Kier alpha value is -4.04. The molecule has 0 aliphatic carbocycles. The van der Waals surface area contributed by atoms with Gasteiger partial charge in [0.15, 0.2) is 0 Å². The monoisotopic (exact) mass is 495 g/mol. The van der Waals surface area contributed by atoms with Gasteiger partial charge in [0, 0.05) is 11.4 Å². The zero-order chi connectivity index (χ0) is 26.5. The first-order valence-corrected chi connectivity index (χ1v) is 11.1. The van der Waals surface area contributed by atoms with Crippen LogP contribution in [0, 0.1) is 20.8 Å². The molecule has 0 bridgehead atoms. The Morgan fingerprint density at radius 2 is 1.47 bits per heavy atom. The second-order valence-electron chi connectivity index (χ2n) is 8.18. The van der Waals surface area contributed by atoms with E-state index in [1.54, 1.807) is 6.92 Å². The molecule has 8 heteroatoms. The Morgan fingerprint density at radius 1 is 0.917 bits per heavy atom. The number of alkyl halides is 3. The fourth-order valence-electron chi connectivity index (χ4n) is 3.68. The number of carboxylic acid groups (broad SMARTS) is 1. The fraction of sp³-hybridized carbons (Fsp3) is 0.179. The highest BCUT2D eigenvalue weighted by Gasteiger charge is 2.34. The molecule has 36 heavy (non-hydrogen) atoms. The number of aromatic carboxylic acids is 1. The molecule has 1 aromatic heterocycles. The highest BCUT2D eigenvalue weighted by Crippen LogP contribution is 2.35. The van der Waals surface area contributed by atoms with Gasteiger partial charge in [0.05, 0.1) is 16.8 Å². The molecule has 0 unspecified atom stereocenters. The van der Waals surface area contributed by atoms with E-state index in [9.17, 15) is 18.0 Å². The van der Waals surface area contributed by atoms with Crippen molar-refractivity contribution in [2.45, 2.75) is 33.5 Å². The summed E-state index contributed by atoms with van der Waals surface area (Å²) in [5.41, 5.74) is 9.28. The number of carboxylic acids is 1. The smallest absolute Gasteiger partial charge is 0.418 e. The molecule has 5 nitrogen and oxygen atoms in total. The molecule has 188 valence electrons. The summed E-state index contributed by atoms with van der Waals surface area (Å²) in [6, 6.07) is 22.0. The van der Waals surface area contributed by atoms with Gasteiger partial charge in [0.2, 0.25) is 0 Å².